The Morgan fingerprint density at radius 1 is 1.21 bits per heavy atom. The Bertz CT molecular complexity index is 984. The lowest BCUT2D eigenvalue weighted by atomic mass is 10.1. The first-order chi connectivity index (χ1) is 13.5. The number of carbonyl (C=O) groups excluding carboxylic acids is 1. The van der Waals surface area contributed by atoms with E-state index in [0.29, 0.717) is 19.2 Å². The third kappa shape index (κ3) is 3.52. The second kappa shape index (κ2) is 6.83. The Labute approximate surface area is 171 Å². The molecule has 1 aromatic carbocycles. The SMILES string of the molecule is CC(C)(C)OC(=O)N1C2CCC1CN(c1nc(Cl)nc3c(F)cc(F)c(O)c13)C2. The zero-order valence-corrected chi connectivity index (χ0v) is 17.0. The smallest absolute Gasteiger partial charge is 0.410 e. The first-order valence-electron chi connectivity index (χ1n) is 9.35. The van der Waals surface area contributed by atoms with Crippen LogP contribution in [-0.4, -0.2) is 56.8 Å². The molecular weight excluding hydrogens is 406 g/mol. The number of amides is 1. The van der Waals surface area contributed by atoms with E-state index in [2.05, 4.69) is 9.97 Å². The zero-order chi connectivity index (χ0) is 21.1. The topological polar surface area (TPSA) is 78.8 Å². The standard InChI is InChI=1S/C19H21ClF2N4O3/c1-19(2,3)29-18(28)26-9-4-5-10(26)8-25(7-9)16-13-14(23-17(20)24-16)11(21)6-12(22)15(13)27/h6,9-10,27H,4-5,7-8H2,1-3H3. The maximum Gasteiger partial charge on any atom is 0.410 e. The first kappa shape index (κ1) is 19.9. The Kier molecular flexibility index (Phi) is 4.68. The van der Waals surface area contributed by atoms with E-state index in [4.69, 9.17) is 16.3 Å². The fraction of sp³-hybridized carbons (Fsp3) is 0.526. The highest BCUT2D eigenvalue weighted by Crippen LogP contribution is 2.40. The van der Waals surface area contributed by atoms with Crippen molar-refractivity contribution in [1.29, 1.82) is 0 Å². The van der Waals surface area contributed by atoms with Crippen molar-refractivity contribution in [2.24, 2.45) is 0 Å². The molecular formula is C19H21ClF2N4O3. The number of hydrogen-bond acceptors (Lipinski definition) is 6. The number of benzene rings is 1. The maximum absolute atomic E-state index is 14.3. The van der Waals surface area contributed by atoms with Crippen molar-refractivity contribution >= 4 is 34.4 Å². The molecule has 29 heavy (non-hydrogen) atoms. The molecule has 2 aliphatic heterocycles. The first-order valence-corrected chi connectivity index (χ1v) is 9.73. The number of aromatic hydroxyl groups is 1. The molecule has 0 radical (unpaired) electrons. The van der Waals surface area contributed by atoms with Gasteiger partial charge in [-0.05, 0) is 45.2 Å². The quantitative estimate of drug-likeness (QED) is 0.698. The van der Waals surface area contributed by atoms with Gasteiger partial charge in [-0.15, -0.1) is 0 Å². The Balaban J connectivity index is 1.70. The third-order valence-corrected chi connectivity index (χ3v) is 5.36. The second-order valence-electron chi connectivity index (χ2n) is 8.41. The largest absolute Gasteiger partial charge is 0.504 e. The number of phenols is 1. The van der Waals surface area contributed by atoms with Gasteiger partial charge in [0.25, 0.3) is 0 Å². The molecule has 1 amide bonds. The highest BCUT2D eigenvalue weighted by molar-refractivity contribution is 6.29. The van der Waals surface area contributed by atoms with Crippen molar-refractivity contribution in [3.8, 4) is 5.75 Å². The number of ether oxygens (including phenoxy) is 1. The van der Waals surface area contributed by atoms with Crippen LogP contribution in [-0.2, 0) is 4.74 Å². The van der Waals surface area contributed by atoms with E-state index in [0.717, 1.165) is 12.8 Å². The van der Waals surface area contributed by atoms with Crippen LogP contribution in [0.3, 0.4) is 0 Å². The highest BCUT2D eigenvalue weighted by atomic mass is 35.5. The molecule has 0 spiro atoms. The van der Waals surface area contributed by atoms with Gasteiger partial charge in [0.15, 0.2) is 17.4 Å². The van der Waals surface area contributed by atoms with Crippen LogP contribution >= 0.6 is 11.6 Å². The Morgan fingerprint density at radius 2 is 1.83 bits per heavy atom. The number of halogens is 3. The monoisotopic (exact) mass is 426 g/mol. The van der Waals surface area contributed by atoms with E-state index in [9.17, 15) is 18.7 Å². The number of fused-ring (bicyclic) bond motifs is 3. The van der Waals surface area contributed by atoms with Crippen LogP contribution in [0.15, 0.2) is 6.07 Å². The van der Waals surface area contributed by atoms with Crippen LogP contribution in [0.5, 0.6) is 5.75 Å². The lowest BCUT2D eigenvalue weighted by Gasteiger charge is -2.42. The molecule has 0 saturated carbocycles. The van der Waals surface area contributed by atoms with E-state index in [1.807, 2.05) is 20.8 Å². The molecule has 2 unspecified atom stereocenters. The predicted molar refractivity (Wildman–Crippen MR) is 103 cm³/mol. The van der Waals surface area contributed by atoms with Crippen LogP contribution in [0.25, 0.3) is 10.9 Å². The molecule has 2 saturated heterocycles. The number of rotatable bonds is 1. The summed E-state index contributed by atoms with van der Waals surface area (Å²) >= 11 is 5.97. The summed E-state index contributed by atoms with van der Waals surface area (Å²) in [5.74, 6) is -2.61. The van der Waals surface area contributed by atoms with Gasteiger partial charge in [-0.2, -0.15) is 4.98 Å². The van der Waals surface area contributed by atoms with Crippen LogP contribution < -0.4 is 4.90 Å². The summed E-state index contributed by atoms with van der Waals surface area (Å²) < 4.78 is 33.8. The third-order valence-electron chi connectivity index (χ3n) is 5.19. The maximum atomic E-state index is 14.3. The predicted octanol–water partition coefficient (Wildman–Crippen LogP) is 3.86. The van der Waals surface area contributed by atoms with Gasteiger partial charge in [0, 0.05) is 19.2 Å². The van der Waals surface area contributed by atoms with Crippen LogP contribution in [0.1, 0.15) is 33.6 Å². The van der Waals surface area contributed by atoms with Crippen LogP contribution in [0.4, 0.5) is 19.4 Å². The fourth-order valence-corrected chi connectivity index (χ4v) is 4.26. The van der Waals surface area contributed by atoms with Crippen LogP contribution in [0.2, 0.25) is 5.28 Å². The van der Waals surface area contributed by atoms with Crippen molar-refractivity contribution in [2.75, 3.05) is 18.0 Å². The number of carbonyl (C=O) groups is 1. The van der Waals surface area contributed by atoms with Gasteiger partial charge < -0.3 is 14.7 Å². The molecule has 2 bridgehead atoms. The molecule has 7 nitrogen and oxygen atoms in total. The lowest BCUT2D eigenvalue weighted by Crippen LogP contribution is -2.57. The van der Waals surface area contributed by atoms with Crippen molar-refractivity contribution < 1.29 is 23.4 Å². The number of anilines is 1. The average Bonchev–Trinajstić information content (AvgIpc) is 2.88. The number of aromatic nitrogens is 2. The zero-order valence-electron chi connectivity index (χ0n) is 16.2. The van der Waals surface area contributed by atoms with E-state index in [1.165, 1.54) is 0 Å². The molecule has 0 aliphatic carbocycles. The molecule has 2 atom stereocenters. The van der Waals surface area contributed by atoms with E-state index in [1.54, 1.807) is 9.80 Å². The summed E-state index contributed by atoms with van der Waals surface area (Å²) in [6.07, 6.45) is 1.16. The summed E-state index contributed by atoms with van der Waals surface area (Å²) in [6.45, 7) is 6.17. The molecule has 3 heterocycles. The number of nitrogens with zero attached hydrogens (tertiary/aromatic N) is 4. The van der Waals surface area contributed by atoms with Crippen molar-refractivity contribution in [2.45, 2.75) is 51.3 Å². The molecule has 10 heteroatoms. The van der Waals surface area contributed by atoms with Crippen molar-refractivity contribution in [3.05, 3.63) is 23.0 Å². The summed E-state index contributed by atoms with van der Waals surface area (Å²) in [5.41, 5.74) is -0.856. The average molecular weight is 427 g/mol. The number of phenolic OH excluding ortho intramolecular Hbond substituents is 1. The fourth-order valence-electron chi connectivity index (χ4n) is 4.10. The van der Waals surface area contributed by atoms with E-state index in [-0.39, 0.29) is 40.2 Å². The normalized spacial score (nSPS) is 21.7. The molecule has 1 N–H and O–H groups in total. The second-order valence-corrected chi connectivity index (χ2v) is 8.74. The molecule has 156 valence electrons. The summed E-state index contributed by atoms with van der Waals surface area (Å²) in [7, 11) is 0. The Morgan fingerprint density at radius 3 is 2.41 bits per heavy atom. The summed E-state index contributed by atoms with van der Waals surface area (Å²) in [5, 5.41) is 9.89. The lowest BCUT2D eigenvalue weighted by molar-refractivity contribution is 0.0123. The molecule has 2 aliphatic rings. The summed E-state index contributed by atoms with van der Waals surface area (Å²) in [6, 6.07) is 0.274. The minimum atomic E-state index is -1.10. The molecule has 1 aromatic heterocycles. The minimum Gasteiger partial charge on any atom is -0.504 e. The van der Waals surface area contributed by atoms with Crippen molar-refractivity contribution in [3.63, 3.8) is 0 Å². The number of hydrogen-bond donors (Lipinski definition) is 1. The van der Waals surface area contributed by atoms with Gasteiger partial charge in [0.05, 0.1) is 17.5 Å². The number of piperazine rings is 1. The van der Waals surface area contributed by atoms with Gasteiger partial charge in [-0.25, -0.2) is 18.6 Å². The van der Waals surface area contributed by atoms with E-state index < -0.39 is 23.0 Å². The van der Waals surface area contributed by atoms with Gasteiger partial charge in [0.2, 0.25) is 5.28 Å². The summed E-state index contributed by atoms with van der Waals surface area (Å²) in [4.78, 5) is 24.1. The van der Waals surface area contributed by atoms with Gasteiger partial charge in [0.1, 0.15) is 16.9 Å². The van der Waals surface area contributed by atoms with Gasteiger partial charge in [-0.1, -0.05) is 0 Å². The Hall–Kier alpha value is -2.42. The minimum absolute atomic E-state index is 0.128. The van der Waals surface area contributed by atoms with Crippen LogP contribution in [0, 0.1) is 11.6 Å². The van der Waals surface area contributed by atoms with Crippen molar-refractivity contribution in [1.82, 2.24) is 14.9 Å². The van der Waals surface area contributed by atoms with Gasteiger partial charge >= 0.3 is 6.09 Å². The highest BCUT2D eigenvalue weighted by Gasteiger charge is 2.45. The van der Waals surface area contributed by atoms with E-state index >= 15 is 0 Å². The molecule has 2 aromatic rings. The molecule has 2 fully saturated rings. The molecule has 4 rings (SSSR count). The van der Waals surface area contributed by atoms with Gasteiger partial charge in [-0.3, -0.25) is 4.90 Å².